The molecule has 0 atom stereocenters. The second kappa shape index (κ2) is 4.74. The number of pyridine rings is 1. The first-order chi connectivity index (χ1) is 10.3. The van der Waals surface area contributed by atoms with Gasteiger partial charge in [0.15, 0.2) is 0 Å². The molecule has 4 heteroatoms. The van der Waals surface area contributed by atoms with Gasteiger partial charge in [0.1, 0.15) is 5.65 Å². The zero-order chi connectivity index (χ0) is 14.4. The molecule has 2 aromatic heterocycles. The van der Waals surface area contributed by atoms with Gasteiger partial charge in [-0.1, -0.05) is 18.2 Å². The summed E-state index contributed by atoms with van der Waals surface area (Å²) in [5.41, 5.74) is 5.45. The third-order valence-corrected chi connectivity index (χ3v) is 4.56. The van der Waals surface area contributed by atoms with Gasteiger partial charge in [0, 0.05) is 29.3 Å². The maximum atomic E-state index is 12.3. The molecule has 0 saturated carbocycles. The molecule has 0 saturated heterocycles. The lowest BCUT2D eigenvalue weighted by molar-refractivity contribution is 0.278. The van der Waals surface area contributed by atoms with Crippen LogP contribution in [0.2, 0.25) is 0 Å². The van der Waals surface area contributed by atoms with E-state index in [0.29, 0.717) is 6.54 Å². The van der Waals surface area contributed by atoms with Crippen LogP contribution in [-0.2, 0) is 19.4 Å². The Kier molecular flexibility index (Phi) is 2.86. The summed E-state index contributed by atoms with van der Waals surface area (Å²) in [4.78, 5) is 15.4. The first kappa shape index (κ1) is 12.7. The minimum atomic E-state index is 0.0409. The third kappa shape index (κ3) is 1.83. The quantitative estimate of drug-likeness (QED) is 0.906. The zero-order valence-electron chi connectivity index (χ0n) is 11.9. The van der Waals surface area contributed by atoms with E-state index in [1.807, 2.05) is 10.6 Å². The van der Waals surface area contributed by atoms with Crippen LogP contribution in [0.1, 0.15) is 29.5 Å². The highest BCUT2D eigenvalue weighted by Crippen LogP contribution is 2.35. The van der Waals surface area contributed by atoms with Gasteiger partial charge in [0.25, 0.3) is 5.56 Å². The molecule has 4 rings (SSSR count). The number of nitrogens with zero attached hydrogens (tertiary/aromatic N) is 1. The van der Waals surface area contributed by atoms with Gasteiger partial charge in [-0.3, -0.25) is 4.79 Å². The number of rotatable bonds is 3. The number of hydrogen-bond acceptors (Lipinski definition) is 2. The average molecular weight is 282 g/mol. The molecule has 2 aliphatic carbocycles. The van der Waals surface area contributed by atoms with Gasteiger partial charge in [0.2, 0.25) is 0 Å². The van der Waals surface area contributed by atoms with E-state index in [0.717, 1.165) is 36.9 Å². The molecule has 0 fully saturated rings. The largest absolute Gasteiger partial charge is 0.395 e. The standard InChI is InChI=1S/C17H18N2O2/c20-9-8-19-10-14(11-4-3-5-11)15-12-6-1-2-7-13(12)17(21)18-16(15)19/h3-5,10,20H,1-2,6-9H2,(H,18,21). The van der Waals surface area contributed by atoms with E-state index >= 15 is 0 Å². The predicted octanol–water partition coefficient (Wildman–Crippen LogP) is 2.15. The van der Waals surface area contributed by atoms with Gasteiger partial charge in [-0.15, -0.1) is 0 Å². The summed E-state index contributed by atoms with van der Waals surface area (Å²) in [5, 5.41) is 10.4. The molecule has 0 unspecified atom stereocenters. The van der Waals surface area contributed by atoms with Gasteiger partial charge >= 0.3 is 0 Å². The van der Waals surface area contributed by atoms with Crippen LogP contribution in [-0.4, -0.2) is 21.3 Å². The molecule has 108 valence electrons. The third-order valence-electron chi connectivity index (χ3n) is 4.56. The van der Waals surface area contributed by atoms with Gasteiger partial charge in [-0.2, -0.15) is 0 Å². The van der Waals surface area contributed by atoms with Gasteiger partial charge in [-0.25, -0.2) is 0 Å². The van der Waals surface area contributed by atoms with Crippen LogP contribution in [0.4, 0.5) is 0 Å². The summed E-state index contributed by atoms with van der Waals surface area (Å²) in [7, 11) is 0. The number of aromatic amines is 1. The Balaban J connectivity index is 2.06. The predicted molar refractivity (Wildman–Crippen MR) is 83.4 cm³/mol. The molecular formula is C17H18N2O2. The minimum Gasteiger partial charge on any atom is -0.395 e. The summed E-state index contributed by atoms with van der Waals surface area (Å²) in [6.45, 7) is 0.569. The summed E-state index contributed by atoms with van der Waals surface area (Å²) in [6.07, 6.45) is 12.4. The number of allylic oxidation sites excluding steroid dienone is 4. The lowest BCUT2D eigenvalue weighted by Crippen LogP contribution is -2.20. The Morgan fingerprint density at radius 1 is 1.24 bits per heavy atom. The molecular weight excluding hydrogens is 264 g/mol. The van der Waals surface area contributed by atoms with E-state index in [-0.39, 0.29) is 12.2 Å². The van der Waals surface area contributed by atoms with Crippen molar-refractivity contribution in [3.8, 4) is 0 Å². The molecule has 2 aliphatic rings. The van der Waals surface area contributed by atoms with Crippen LogP contribution < -0.4 is 5.56 Å². The molecule has 0 bridgehead atoms. The molecule has 2 heterocycles. The number of H-pyrrole nitrogens is 1. The Labute approximate surface area is 122 Å². The van der Waals surface area contributed by atoms with E-state index < -0.39 is 0 Å². The second-order valence-corrected chi connectivity index (χ2v) is 5.78. The number of hydrogen-bond donors (Lipinski definition) is 2. The fourth-order valence-electron chi connectivity index (χ4n) is 3.49. The molecule has 0 aliphatic heterocycles. The van der Waals surface area contributed by atoms with Crippen molar-refractivity contribution >= 4 is 16.6 Å². The highest BCUT2D eigenvalue weighted by molar-refractivity contribution is 5.98. The number of aliphatic hydroxyl groups is 1. The molecule has 0 spiro atoms. The molecule has 2 N–H and O–H groups in total. The maximum absolute atomic E-state index is 12.3. The van der Waals surface area contributed by atoms with Crippen LogP contribution in [0.5, 0.6) is 0 Å². The monoisotopic (exact) mass is 282 g/mol. The Bertz CT molecular complexity index is 837. The number of aliphatic hydroxyl groups excluding tert-OH is 1. The number of nitrogens with one attached hydrogen (secondary N) is 1. The van der Waals surface area contributed by atoms with Gasteiger partial charge in [-0.05, 0) is 36.8 Å². The highest BCUT2D eigenvalue weighted by atomic mass is 16.3. The Morgan fingerprint density at radius 3 is 2.67 bits per heavy atom. The van der Waals surface area contributed by atoms with Crippen molar-refractivity contribution in [2.24, 2.45) is 0 Å². The zero-order valence-corrected chi connectivity index (χ0v) is 11.9. The van der Waals surface area contributed by atoms with Crippen LogP contribution in [0.3, 0.4) is 0 Å². The molecule has 4 nitrogen and oxygen atoms in total. The number of fused-ring (bicyclic) bond motifs is 3. The van der Waals surface area contributed by atoms with Crippen molar-refractivity contribution in [1.29, 1.82) is 0 Å². The maximum Gasteiger partial charge on any atom is 0.253 e. The molecule has 21 heavy (non-hydrogen) atoms. The smallest absolute Gasteiger partial charge is 0.253 e. The van der Waals surface area contributed by atoms with Gasteiger partial charge < -0.3 is 14.7 Å². The summed E-state index contributed by atoms with van der Waals surface area (Å²) >= 11 is 0. The summed E-state index contributed by atoms with van der Waals surface area (Å²) in [6, 6.07) is 0. The highest BCUT2D eigenvalue weighted by Gasteiger charge is 2.22. The van der Waals surface area contributed by atoms with Crippen molar-refractivity contribution in [3.63, 3.8) is 0 Å². The summed E-state index contributed by atoms with van der Waals surface area (Å²) in [5.74, 6) is 0. The van der Waals surface area contributed by atoms with Crippen LogP contribution in [0.25, 0.3) is 16.6 Å². The molecule has 0 amide bonds. The fourth-order valence-corrected chi connectivity index (χ4v) is 3.49. The number of aryl methyl sites for hydroxylation is 1. The average Bonchev–Trinajstić information content (AvgIpc) is 2.77. The van der Waals surface area contributed by atoms with E-state index in [4.69, 9.17) is 0 Å². The molecule has 0 radical (unpaired) electrons. The summed E-state index contributed by atoms with van der Waals surface area (Å²) < 4.78 is 1.97. The van der Waals surface area contributed by atoms with E-state index in [1.165, 1.54) is 22.1 Å². The van der Waals surface area contributed by atoms with E-state index in [9.17, 15) is 9.90 Å². The first-order valence-electron chi connectivity index (χ1n) is 7.56. The van der Waals surface area contributed by atoms with Crippen molar-refractivity contribution in [2.75, 3.05) is 6.61 Å². The van der Waals surface area contributed by atoms with Gasteiger partial charge in [0.05, 0.1) is 6.61 Å². The fraction of sp³-hybridized carbons (Fsp3) is 0.353. The molecule has 0 aromatic carbocycles. The Hall–Kier alpha value is -2.07. The van der Waals surface area contributed by atoms with E-state index in [1.54, 1.807) is 0 Å². The van der Waals surface area contributed by atoms with Crippen molar-refractivity contribution in [1.82, 2.24) is 9.55 Å². The second-order valence-electron chi connectivity index (χ2n) is 5.78. The number of aromatic nitrogens is 2. The topological polar surface area (TPSA) is 58.0 Å². The SMILES string of the molecule is O=c1[nH]c2c(c(C3=CC=C3)cn2CCO)c2c1CCCC2. The molecule has 2 aromatic rings. The van der Waals surface area contributed by atoms with Crippen molar-refractivity contribution < 1.29 is 5.11 Å². The van der Waals surface area contributed by atoms with Crippen LogP contribution in [0.15, 0.2) is 29.2 Å². The normalized spacial score (nSPS) is 16.7. The van der Waals surface area contributed by atoms with Crippen LogP contribution in [0, 0.1) is 0 Å². The Morgan fingerprint density at radius 2 is 2.00 bits per heavy atom. The van der Waals surface area contributed by atoms with Crippen molar-refractivity contribution in [3.05, 3.63) is 51.5 Å². The lowest BCUT2D eigenvalue weighted by atomic mass is 9.88. The minimum absolute atomic E-state index is 0.0409. The lowest BCUT2D eigenvalue weighted by Gasteiger charge is -2.17. The van der Waals surface area contributed by atoms with Crippen molar-refractivity contribution in [2.45, 2.75) is 32.2 Å². The van der Waals surface area contributed by atoms with E-state index in [2.05, 4.69) is 23.3 Å². The first-order valence-corrected chi connectivity index (χ1v) is 7.56. The van der Waals surface area contributed by atoms with Crippen LogP contribution >= 0.6 is 0 Å².